The van der Waals surface area contributed by atoms with E-state index in [4.69, 9.17) is 5.73 Å². The van der Waals surface area contributed by atoms with Gasteiger partial charge >= 0.3 is 0 Å². The Morgan fingerprint density at radius 2 is 1.93 bits per heavy atom. The van der Waals surface area contributed by atoms with E-state index in [0.29, 0.717) is 30.9 Å². The number of hydrogen-bond acceptors (Lipinski definition) is 7. The topological polar surface area (TPSA) is 111 Å². The highest BCUT2D eigenvalue weighted by atomic mass is 15.4. The molecule has 0 radical (unpaired) electrons. The molecule has 156 valence electrons. The molecule has 3 aromatic heterocycles. The van der Waals surface area contributed by atoms with E-state index < -0.39 is 0 Å². The fraction of sp³-hybridized carbons (Fsp3) is 0.333. The number of anilines is 2. The Balaban J connectivity index is 1.65. The fourth-order valence-electron chi connectivity index (χ4n) is 3.27. The first-order valence-corrected chi connectivity index (χ1v) is 10.2. The molecule has 9 heteroatoms. The minimum Gasteiger partial charge on any atom is -0.354 e. The lowest BCUT2D eigenvalue weighted by Crippen LogP contribution is -2.15. The maximum atomic E-state index is 5.61. The van der Waals surface area contributed by atoms with Crippen LogP contribution in [-0.2, 0) is 6.54 Å². The number of nitrogens with zero attached hydrogens (tertiary/aromatic N) is 6. The molecule has 4 rings (SSSR count). The summed E-state index contributed by atoms with van der Waals surface area (Å²) < 4.78 is 3.62. The number of fused-ring (bicyclic) bond motifs is 1. The van der Waals surface area contributed by atoms with E-state index in [2.05, 4.69) is 50.7 Å². The van der Waals surface area contributed by atoms with Crippen LogP contribution in [0.1, 0.15) is 37.3 Å². The Hall–Kier alpha value is -3.46. The number of aromatic nitrogens is 6. The molecule has 9 nitrogen and oxygen atoms in total. The summed E-state index contributed by atoms with van der Waals surface area (Å²) in [4.78, 5) is 9.34. The van der Waals surface area contributed by atoms with Gasteiger partial charge in [0, 0.05) is 31.0 Å². The smallest absolute Gasteiger partial charge is 0.229 e. The molecule has 0 aliphatic heterocycles. The van der Waals surface area contributed by atoms with Crippen LogP contribution in [0, 0.1) is 0 Å². The average Bonchev–Trinajstić information content (AvgIpc) is 3.42. The minimum atomic E-state index is 0.308. The molecule has 0 amide bonds. The van der Waals surface area contributed by atoms with Crippen LogP contribution in [-0.4, -0.2) is 42.5 Å². The predicted molar refractivity (Wildman–Crippen MR) is 118 cm³/mol. The van der Waals surface area contributed by atoms with Gasteiger partial charge in [-0.25, -0.2) is 4.68 Å². The lowest BCUT2D eigenvalue weighted by Gasteiger charge is -2.13. The first-order valence-electron chi connectivity index (χ1n) is 10.2. The number of hydrogen-bond donors (Lipinski definition) is 3. The molecule has 4 aromatic rings. The van der Waals surface area contributed by atoms with Crippen molar-refractivity contribution in [3.63, 3.8) is 0 Å². The van der Waals surface area contributed by atoms with E-state index >= 15 is 0 Å². The first-order chi connectivity index (χ1) is 14.7. The van der Waals surface area contributed by atoms with Gasteiger partial charge in [-0.3, -0.25) is 0 Å². The third kappa shape index (κ3) is 4.11. The van der Waals surface area contributed by atoms with Crippen LogP contribution in [0.2, 0.25) is 0 Å². The summed E-state index contributed by atoms with van der Waals surface area (Å²) >= 11 is 0. The Labute approximate surface area is 175 Å². The van der Waals surface area contributed by atoms with E-state index in [-0.39, 0.29) is 0 Å². The number of nitrogens with two attached hydrogens (primary N) is 1. The van der Waals surface area contributed by atoms with Crippen LogP contribution in [0.15, 0.2) is 48.9 Å². The second-order valence-corrected chi connectivity index (χ2v) is 7.36. The largest absolute Gasteiger partial charge is 0.354 e. The van der Waals surface area contributed by atoms with Gasteiger partial charge in [0.2, 0.25) is 11.9 Å². The van der Waals surface area contributed by atoms with Crippen molar-refractivity contribution in [2.24, 2.45) is 5.73 Å². The molecule has 3 heterocycles. The first kappa shape index (κ1) is 19.8. The molecule has 4 N–H and O–H groups in total. The maximum absolute atomic E-state index is 5.61. The molecular formula is C21H27N9. The molecule has 0 saturated carbocycles. The molecule has 0 saturated heterocycles. The monoisotopic (exact) mass is 405 g/mol. The normalized spacial score (nSPS) is 11.3. The Bertz CT molecular complexity index is 1100. The molecular weight excluding hydrogens is 378 g/mol. The van der Waals surface area contributed by atoms with Gasteiger partial charge in [0.1, 0.15) is 0 Å². The summed E-state index contributed by atoms with van der Waals surface area (Å²) in [6.45, 7) is 6.18. The van der Waals surface area contributed by atoms with Crippen LogP contribution in [0.4, 0.5) is 11.9 Å². The van der Waals surface area contributed by atoms with Crippen LogP contribution in [0.25, 0.3) is 11.3 Å². The fourth-order valence-corrected chi connectivity index (χ4v) is 3.27. The number of para-hydroxylation sites is 1. The highest BCUT2D eigenvalue weighted by Crippen LogP contribution is 2.23. The zero-order valence-electron chi connectivity index (χ0n) is 17.3. The molecule has 0 spiro atoms. The highest BCUT2D eigenvalue weighted by molar-refractivity contribution is 5.56. The predicted octanol–water partition coefficient (Wildman–Crippen LogP) is 2.81. The quantitative estimate of drug-likeness (QED) is 0.367. The lowest BCUT2D eigenvalue weighted by molar-refractivity contribution is 0.838. The zero-order valence-corrected chi connectivity index (χ0v) is 17.3. The number of nitrogens with one attached hydrogen (secondary N) is 2. The second-order valence-electron chi connectivity index (χ2n) is 7.36. The summed E-state index contributed by atoms with van der Waals surface area (Å²) in [5, 5.41) is 15.6. The van der Waals surface area contributed by atoms with Crippen LogP contribution in [0.5, 0.6) is 0 Å². The van der Waals surface area contributed by atoms with Crippen molar-refractivity contribution < 1.29 is 0 Å². The summed E-state index contributed by atoms with van der Waals surface area (Å²) in [6.07, 6.45) is 6.42. The standard InChI is InChI=1S/C21H27N9/c1-15(2)17-14-26-30-19(17)27-20(23-10-5-9-22)28-21(30)24-13-16-7-3-4-8-18(16)29-12-6-11-25-29/h3-4,6-8,11-12,14-15H,5,9-10,13,22H2,1-2H3,(H2,23,24,27,28). The summed E-state index contributed by atoms with van der Waals surface area (Å²) in [7, 11) is 0. The van der Waals surface area contributed by atoms with Gasteiger partial charge in [-0.05, 0) is 36.6 Å². The van der Waals surface area contributed by atoms with E-state index in [1.807, 2.05) is 41.3 Å². The Morgan fingerprint density at radius 3 is 2.70 bits per heavy atom. The summed E-state index contributed by atoms with van der Waals surface area (Å²) in [5.74, 6) is 1.52. The summed E-state index contributed by atoms with van der Waals surface area (Å²) in [5.41, 5.74) is 9.62. The molecule has 0 unspecified atom stereocenters. The van der Waals surface area contributed by atoms with Crippen molar-refractivity contribution in [3.8, 4) is 5.69 Å². The Morgan fingerprint density at radius 1 is 1.07 bits per heavy atom. The van der Waals surface area contributed by atoms with E-state index in [0.717, 1.165) is 35.4 Å². The van der Waals surface area contributed by atoms with Crippen molar-refractivity contribution >= 4 is 17.5 Å². The van der Waals surface area contributed by atoms with Gasteiger partial charge in [0.15, 0.2) is 5.65 Å². The minimum absolute atomic E-state index is 0.308. The van der Waals surface area contributed by atoms with Gasteiger partial charge in [0.05, 0.1) is 11.9 Å². The summed E-state index contributed by atoms with van der Waals surface area (Å²) in [6, 6.07) is 10.1. The molecule has 30 heavy (non-hydrogen) atoms. The van der Waals surface area contributed by atoms with Gasteiger partial charge in [-0.1, -0.05) is 32.0 Å². The van der Waals surface area contributed by atoms with E-state index in [1.165, 1.54) is 0 Å². The molecule has 0 bridgehead atoms. The SMILES string of the molecule is CC(C)c1cnn2c(NCc3ccccc3-n3cccn3)nc(NCCCN)nc12. The van der Waals surface area contributed by atoms with E-state index in [9.17, 15) is 0 Å². The highest BCUT2D eigenvalue weighted by Gasteiger charge is 2.15. The van der Waals surface area contributed by atoms with Crippen molar-refractivity contribution in [3.05, 3.63) is 60.0 Å². The van der Waals surface area contributed by atoms with Gasteiger partial charge in [0.25, 0.3) is 0 Å². The lowest BCUT2D eigenvalue weighted by atomic mass is 10.1. The molecule has 0 atom stereocenters. The van der Waals surface area contributed by atoms with Crippen LogP contribution in [0.3, 0.4) is 0 Å². The molecule has 0 aliphatic rings. The second kappa shape index (κ2) is 8.91. The average molecular weight is 406 g/mol. The molecule has 0 fully saturated rings. The third-order valence-electron chi connectivity index (χ3n) is 4.86. The maximum Gasteiger partial charge on any atom is 0.229 e. The van der Waals surface area contributed by atoms with E-state index in [1.54, 1.807) is 10.7 Å². The van der Waals surface area contributed by atoms with Crippen molar-refractivity contribution in [2.75, 3.05) is 23.7 Å². The zero-order chi connectivity index (χ0) is 20.9. The number of benzene rings is 1. The van der Waals surface area contributed by atoms with Crippen molar-refractivity contribution in [2.45, 2.75) is 32.7 Å². The molecule has 0 aliphatic carbocycles. The van der Waals surface area contributed by atoms with Gasteiger partial charge in [-0.15, -0.1) is 0 Å². The van der Waals surface area contributed by atoms with Crippen LogP contribution < -0.4 is 16.4 Å². The van der Waals surface area contributed by atoms with Gasteiger partial charge in [-0.2, -0.15) is 24.7 Å². The van der Waals surface area contributed by atoms with Crippen molar-refractivity contribution in [1.29, 1.82) is 0 Å². The molecule has 1 aromatic carbocycles. The van der Waals surface area contributed by atoms with Crippen molar-refractivity contribution in [1.82, 2.24) is 29.4 Å². The Kier molecular flexibility index (Phi) is 5.89. The third-order valence-corrected chi connectivity index (χ3v) is 4.86. The van der Waals surface area contributed by atoms with Gasteiger partial charge < -0.3 is 16.4 Å². The number of rotatable bonds is 9. The van der Waals surface area contributed by atoms with Crippen LogP contribution >= 0.6 is 0 Å².